The van der Waals surface area contributed by atoms with Crippen LogP contribution in [0.3, 0.4) is 0 Å². The van der Waals surface area contributed by atoms with Crippen molar-refractivity contribution in [3.8, 4) is 5.75 Å². The van der Waals surface area contributed by atoms with E-state index in [4.69, 9.17) is 27.9 Å². The third-order valence-corrected chi connectivity index (χ3v) is 9.96. The van der Waals surface area contributed by atoms with E-state index in [0.29, 0.717) is 15.6 Å². The maximum absolute atomic E-state index is 14.3. The van der Waals surface area contributed by atoms with Gasteiger partial charge in [0.2, 0.25) is 23.6 Å². The Labute approximate surface area is 256 Å². The molecule has 4 amide bonds. The SMILES string of the molecule is CC1=C(C(=O)Oc2ccccc2)C2(C)[C@H]3C(=O)N(c4cccc(Cl)c4)C(=O)[C@@H]3C1[C@H]1C(=O)N(c3cccc(Cl)c3)C(=O)[C@@H]12. The third kappa shape index (κ3) is 3.72. The quantitative estimate of drug-likeness (QED) is 0.219. The standard InChI is InChI=1S/C33H24Cl2N2O6/c1-16-22-23-26(30(40)36(28(23)38)19-10-6-8-17(34)14-19)33(2,25(16)32(42)43-21-12-4-3-5-13-21)27-24(22)29(39)37(31(27)41)20-11-7-9-18(35)15-20/h3-15,22-24,26-27H,1-2H3/t22?,23-,24-,26-,27-,33?/m1/s1. The van der Waals surface area contributed by atoms with Gasteiger partial charge in [-0.25, -0.2) is 14.6 Å². The van der Waals surface area contributed by atoms with Crippen molar-refractivity contribution in [2.24, 2.45) is 35.0 Å². The Morgan fingerprint density at radius 1 is 0.698 bits per heavy atom. The number of carbonyl (C=O) groups excluding carboxylic acids is 5. The Morgan fingerprint density at radius 3 is 1.65 bits per heavy atom. The van der Waals surface area contributed by atoms with Gasteiger partial charge in [0.15, 0.2) is 0 Å². The normalized spacial score (nSPS) is 29.3. The second-order valence-electron chi connectivity index (χ2n) is 11.6. The number of anilines is 2. The van der Waals surface area contributed by atoms with Gasteiger partial charge in [0.05, 0.1) is 35.0 Å². The highest BCUT2D eigenvalue weighted by molar-refractivity contribution is 6.32. The van der Waals surface area contributed by atoms with Crippen molar-refractivity contribution in [2.75, 3.05) is 9.80 Å². The van der Waals surface area contributed by atoms with Crippen LogP contribution in [0.25, 0.3) is 0 Å². The first kappa shape index (κ1) is 27.6. The van der Waals surface area contributed by atoms with E-state index in [9.17, 15) is 24.0 Å². The Hall–Kier alpha value is -4.27. The predicted molar refractivity (Wildman–Crippen MR) is 158 cm³/mol. The summed E-state index contributed by atoms with van der Waals surface area (Å²) >= 11 is 12.4. The number of nitrogens with zero attached hydrogens (tertiary/aromatic N) is 2. The first-order valence-corrected chi connectivity index (χ1v) is 14.6. The first-order valence-electron chi connectivity index (χ1n) is 13.8. The summed E-state index contributed by atoms with van der Waals surface area (Å²) in [5.74, 6) is -7.56. The molecule has 3 aromatic rings. The molecular formula is C33H24Cl2N2O6. The monoisotopic (exact) mass is 614 g/mol. The van der Waals surface area contributed by atoms with Crippen LogP contribution in [0.15, 0.2) is 90.0 Å². The van der Waals surface area contributed by atoms with Crippen molar-refractivity contribution >= 4 is 64.2 Å². The molecule has 1 saturated carbocycles. The molecule has 3 aliphatic carbocycles. The van der Waals surface area contributed by atoms with Gasteiger partial charge in [-0.05, 0) is 55.5 Å². The molecule has 0 N–H and O–H groups in total. The van der Waals surface area contributed by atoms with Crippen molar-refractivity contribution in [2.45, 2.75) is 13.8 Å². The fourth-order valence-electron chi connectivity index (χ4n) is 7.99. The summed E-state index contributed by atoms with van der Waals surface area (Å²) in [7, 11) is 0. The molecule has 2 bridgehead atoms. The summed E-state index contributed by atoms with van der Waals surface area (Å²) in [6.45, 7) is 3.33. The smallest absolute Gasteiger partial charge is 0.339 e. The summed E-state index contributed by atoms with van der Waals surface area (Å²) in [5, 5.41) is 0.672. The number of halogens is 2. The molecule has 0 spiro atoms. The van der Waals surface area contributed by atoms with Crippen LogP contribution in [0.4, 0.5) is 11.4 Å². The van der Waals surface area contributed by atoms with Gasteiger partial charge in [-0.15, -0.1) is 0 Å². The first-order chi connectivity index (χ1) is 20.6. The second-order valence-corrected chi connectivity index (χ2v) is 12.4. The number of ether oxygens (including phenoxy) is 1. The number of rotatable bonds is 4. The maximum atomic E-state index is 14.3. The van der Waals surface area contributed by atoms with Gasteiger partial charge in [-0.1, -0.05) is 66.0 Å². The number of para-hydroxylation sites is 1. The molecule has 8 nitrogen and oxygen atoms in total. The fraction of sp³-hybridized carbons (Fsp3) is 0.242. The van der Waals surface area contributed by atoms with E-state index in [1.54, 1.807) is 80.6 Å². The molecule has 3 aromatic carbocycles. The van der Waals surface area contributed by atoms with Gasteiger partial charge >= 0.3 is 5.97 Å². The van der Waals surface area contributed by atoms with Crippen LogP contribution < -0.4 is 14.5 Å². The lowest BCUT2D eigenvalue weighted by Gasteiger charge is -2.55. The van der Waals surface area contributed by atoms with Gasteiger partial charge in [-0.2, -0.15) is 0 Å². The highest BCUT2D eigenvalue weighted by atomic mass is 35.5. The summed E-state index contributed by atoms with van der Waals surface area (Å²) < 4.78 is 5.77. The summed E-state index contributed by atoms with van der Waals surface area (Å²) in [4.78, 5) is 73.1. The summed E-state index contributed by atoms with van der Waals surface area (Å²) in [6.07, 6.45) is 0. The predicted octanol–water partition coefficient (Wildman–Crippen LogP) is 5.48. The van der Waals surface area contributed by atoms with Crippen molar-refractivity contribution in [3.05, 3.63) is 100 Å². The lowest BCUT2D eigenvalue weighted by atomic mass is 9.43. The van der Waals surface area contributed by atoms with Gasteiger partial charge in [0.1, 0.15) is 5.75 Å². The lowest BCUT2D eigenvalue weighted by Crippen LogP contribution is -2.61. The highest BCUT2D eigenvalue weighted by Gasteiger charge is 2.77. The Balaban J connectivity index is 1.41. The molecule has 2 aliphatic heterocycles. The number of allylic oxidation sites excluding steroid dienone is 1. The van der Waals surface area contributed by atoms with Crippen LogP contribution in [-0.2, 0) is 24.0 Å². The number of esters is 1. The molecule has 3 fully saturated rings. The van der Waals surface area contributed by atoms with Crippen molar-refractivity contribution in [1.29, 1.82) is 0 Å². The lowest BCUT2D eigenvalue weighted by molar-refractivity contribution is -0.152. The Kier molecular flexibility index (Phi) is 6.17. The Bertz CT molecular complexity index is 1710. The van der Waals surface area contributed by atoms with Crippen molar-refractivity contribution in [1.82, 2.24) is 0 Å². The zero-order chi connectivity index (χ0) is 30.4. The largest absolute Gasteiger partial charge is 0.423 e. The van der Waals surface area contributed by atoms with Crippen LogP contribution in [0.1, 0.15) is 13.8 Å². The van der Waals surface area contributed by atoms with E-state index in [2.05, 4.69) is 0 Å². The number of carbonyl (C=O) groups is 5. The number of hydrogen-bond acceptors (Lipinski definition) is 6. The topological polar surface area (TPSA) is 101 Å². The molecule has 2 saturated heterocycles. The van der Waals surface area contributed by atoms with Gasteiger partial charge in [-0.3, -0.25) is 19.2 Å². The molecule has 10 heteroatoms. The van der Waals surface area contributed by atoms with Crippen LogP contribution in [0.2, 0.25) is 10.0 Å². The van der Waals surface area contributed by atoms with Crippen LogP contribution in [0.5, 0.6) is 5.75 Å². The van der Waals surface area contributed by atoms with Gasteiger partial charge < -0.3 is 4.74 Å². The third-order valence-electron chi connectivity index (χ3n) is 9.49. The van der Waals surface area contributed by atoms with E-state index in [-0.39, 0.29) is 22.7 Å². The fourth-order valence-corrected chi connectivity index (χ4v) is 8.36. The minimum Gasteiger partial charge on any atom is -0.423 e. The molecule has 216 valence electrons. The van der Waals surface area contributed by atoms with E-state index in [0.717, 1.165) is 9.80 Å². The molecule has 4 atom stereocenters. The molecule has 0 aromatic heterocycles. The molecular weight excluding hydrogens is 591 g/mol. The average molecular weight is 615 g/mol. The van der Waals surface area contributed by atoms with Crippen molar-refractivity contribution < 1.29 is 28.7 Å². The minimum atomic E-state index is -1.54. The number of imide groups is 2. The summed E-state index contributed by atoms with van der Waals surface area (Å²) in [5.41, 5.74) is -0.356. The molecule has 0 unspecified atom stereocenters. The molecule has 43 heavy (non-hydrogen) atoms. The zero-order valence-corrected chi connectivity index (χ0v) is 24.5. The Morgan fingerprint density at radius 2 is 1.19 bits per heavy atom. The van der Waals surface area contributed by atoms with E-state index >= 15 is 0 Å². The molecule has 8 rings (SSSR count). The average Bonchev–Trinajstić information content (AvgIpc) is 3.39. The molecule has 5 aliphatic rings. The van der Waals surface area contributed by atoms with Crippen molar-refractivity contribution in [3.63, 3.8) is 0 Å². The maximum Gasteiger partial charge on any atom is 0.339 e. The van der Waals surface area contributed by atoms with E-state index in [1.807, 2.05) is 0 Å². The molecule has 2 heterocycles. The van der Waals surface area contributed by atoms with E-state index < -0.39 is 64.6 Å². The number of hydrogen-bond donors (Lipinski definition) is 0. The second kappa shape index (κ2) is 9.62. The molecule has 0 radical (unpaired) electrons. The number of benzene rings is 3. The van der Waals surface area contributed by atoms with Gasteiger partial charge in [0.25, 0.3) is 0 Å². The van der Waals surface area contributed by atoms with Crippen LogP contribution in [-0.4, -0.2) is 29.6 Å². The van der Waals surface area contributed by atoms with Crippen LogP contribution >= 0.6 is 23.2 Å². The van der Waals surface area contributed by atoms with Crippen LogP contribution in [0, 0.1) is 35.0 Å². The van der Waals surface area contributed by atoms with E-state index in [1.165, 1.54) is 12.1 Å². The van der Waals surface area contributed by atoms with Gasteiger partial charge in [0, 0.05) is 27.0 Å². The number of amides is 4. The highest BCUT2D eigenvalue weighted by Crippen LogP contribution is 2.68. The summed E-state index contributed by atoms with van der Waals surface area (Å²) in [6, 6.07) is 21.2. The zero-order valence-electron chi connectivity index (χ0n) is 23.0. The minimum absolute atomic E-state index is 0.145.